The second kappa shape index (κ2) is 11.4. The molecule has 0 aliphatic carbocycles. The van der Waals surface area contributed by atoms with Crippen LogP contribution in [0.3, 0.4) is 0 Å². The van der Waals surface area contributed by atoms with E-state index in [1.165, 1.54) is 12.1 Å². The topological polar surface area (TPSA) is 105 Å². The number of carbonyl (C=O) groups excluding carboxylic acids is 4. The van der Waals surface area contributed by atoms with E-state index in [2.05, 4.69) is 26.6 Å². The minimum absolute atomic E-state index is 0.208. The van der Waals surface area contributed by atoms with Gasteiger partial charge >= 0.3 is 6.03 Å². The molecule has 11 heteroatoms. The monoisotopic (exact) mass is 615 g/mol. The zero-order valence-corrected chi connectivity index (χ0v) is 23.2. The summed E-state index contributed by atoms with van der Waals surface area (Å²) in [4.78, 5) is 51.7. The van der Waals surface area contributed by atoms with Gasteiger partial charge < -0.3 is 10.1 Å². The van der Waals surface area contributed by atoms with Gasteiger partial charge in [0.25, 0.3) is 17.7 Å². The van der Waals surface area contributed by atoms with E-state index in [1.807, 2.05) is 6.92 Å². The first kappa shape index (κ1) is 27.4. The van der Waals surface area contributed by atoms with Gasteiger partial charge in [0, 0.05) is 25.8 Å². The number of benzene rings is 3. The van der Waals surface area contributed by atoms with E-state index in [-0.39, 0.29) is 23.6 Å². The Morgan fingerprint density at radius 3 is 2.37 bits per heavy atom. The van der Waals surface area contributed by atoms with E-state index in [0.717, 1.165) is 16.0 Å². The Bertz CT molecular complexity index is 1520. The average molecular weight is 617 g/mol. The number of carbonyl (C=O) groups is 4. The molecule has 1 aliphatic heterocycles. The van der Waals surface area contributed by atoms with Gasteiger partial charge in [-0.05, 0) is 73.5 Å². The maximum Gasteiger partial charge on any atom is 0.335 e. The molecule has 3 aromatic rings. The summed E-state index contributed by atoms with van der Waals surface area (Å²) in [5.74, 6) is -1.90. The zero-order chi connectivity index (χ0) is 27.6. The zero-order valence-electron chi connectivity index (χ0n) is 20.1. The summed E-state index contributed by atoms with van der Waals surface area (Å²) in [5.41, 5.74) is 2.39. The van der Waals surface area contributed by atoms with E-state index in [1.54, 1.807) is 55.5 Å². The Hall–Kier alpha value is -3.66. The van der Waals surface area contributed by atoms with Gasteiger partial charge in [0.2, 0.25) is 0 Å². The van der Waals surface area contributed by atoms with Crippen molar-refractivity contribution in [3.63, 3.8) is 0 Å². The number of imide groups is 2. The lowest BCUT2D eigenvalue weighted by molar-refractivity contribution is -0.122. The largest absolute Gasteiger partial charge is 0.483 e. The number of barbiturate groups is 1. The standard InChI is InChI=1S/C27H20BrCl2N3O5/c1-14-3-6-18(11-21(14)29)31-24(34)13-38-23-8-5-17(28)9-16(23)10-20-25(35)32-27(37)33(26(20)36)19-7-4-15(2)22(30)12-19/h3-12H,13H2,1-2H3,(H,31,34)(H,32,35,37)/b20-10+. The van der Waals surface area contributed by atoms with Gasteiger partial charge in [-0.1, -0.05) is 51.3 Å². The lowest BCUT2D eigenvalue weighted by Gasteiger charge is -2.26. The fourth-order valence-corrected chi connectivity index (χ4v) is 4.28. The number of halogens is 3. The summed E-state index contributed by atoms with van der Waals surface area (Å²) in [7, 11) is 0. The van der Waals surface area contributed by atoms with Gasteiger partial charge in [0.15, 0.2) is 6.61 Å². The molecule has 0 unspecified atom stereocenters. The number of anilines is 2. The molecule has 8 nitrogen and oxygen atoms in total. The van der Waals surface area contributed by atoms with Crippen LogP contribution in [0, 0.1) is 13.8 Å². The summed E-state index contributed by atoms with van der Waals surface area (Å²) >= 11 is 15.6. The molecule has 1 saturated heterocycles. The number of hydrogen-bond acceptors (Lipinski definition) is 5. The maximum atomic E-state index is 13.3. The number of ether oxygens (including phenoxy) is 1. The van der Waals surface area contributed by atoms with Crippen LogP contribution < -0.4 is 20.3 Å². The minimum atomic E-state index is -0.893. The van der Waals surface area contributed by atoms with Gasteiger partial charge in [-0.25, -0.2) is 9.69 Å². The Morgan fingerprint density at radius 1 is 1.00 bits per heavy atom. The number of rotatable bonds is 6. The second-order valence-corrected chi connectivity index (χ2v) is 10.1. The smallest absolute Gasteiger partial charge is 0.335 e. The number of nitrogens with zero attached hydrogens (tertiary/aromatic N) is 1. The van der Waals surface area contributed by atoms with Gasteiger partial charge in [0.05, 0.1) is 5.69 Å². The highest BCUT2D eigenvalue weighted by Crippen LogP contribution is 2.30. The highest BCUT2D eigenvalue weighted by Gasteiger charge is 2.37. The highest BCUT2D eigenvalue weighted by atomic mass is 79.9. The third kappa shape index (κ3) is 6.07. The van der Waals surface area contributed by atoms with Crippen LogP contribution in [0.1, 0.15) is 16.7 Å². The molecule has 1 heterocycles. The predicted octanol–water partition coefficient (Wildman–Crippen LogP) is 6.06. The quantitative estimate of drug-likeness (QED) is 0.259. The van der Waals surface area contributed by atoms with Crippen molar-refractivity contribution in [2.24, 2.45) is 0 Å². The number of aryl methyl sites for hydroxylation is 2. The van der Waals surface area contributed by atoms with Gasteiger partial charge in [-0.15, -0.1) is 0 Å². The maximum absolute atomic E-state index is 13.3. The third-order valence-electron chi connectivity index (χ3n) is 5.60. The normalized spacial score (nSPS) is 14.5. The summed E-state index contributed by atoms with van der Waals surface area (Å²) in [6, 6.07) is 13.8. The molecule has 1 fully saturated rings. The van der Waals surface area contributed by atoms with Crippen LogP contribution in [0.2, 0.25) is 10.0 Å². The van der Waals surface area contributed by atoms with Crippen molar-refractivity contribution in [1.29, 1.82) is 0 Å². The molecule has 3 aromatic carbocycles. The van der Waals surface area contributed by atoms with Crippen LogP contribution in [0.15, 0.2) is 64.6 Å². The molecule has 0 radical (unpaired) electrons. The fourth-order valence-electron chi connectivity index (χ4n) is 3.54. The van der Waals surface area contributed by atoms with Crippen LogP contribution in [-0.2, 0) is 14.4 Å². The molecule has 0 bridgehead atoms. The number of amides is 5. The Balaban J connectivity index is 1.58. The van der Waals surface area contributed by atoms with E-state index in [0.29, 0.717) is 25.8 Å². The third-order valence-corrected chi connectivity index (χ3v) is 6.91. The summed E-state index contributed by atoms with van der Waals surface area (Å²) in [6.45, 7) is 3.28. The first-order valence-electron chi connectivity index (χ1n) is 11.2. The summed E-state index contributed by atoms with van der Waals surface area (Å²) in [6.07, 6.45) is 1.30. The summed E-state index contributed by atoms with van der Waals surface area (Å²) in [5, 5.41) is 5.74. The van der Waals surface area contributed by atoms with Crippen molar-refractivity contribution in [3.8, 4) is 5.75 Å². The average Bonchev–Trinajstić information content (AvgIpc) is 2.85. The molecule has 0 atom stereocenters. The fraction of sp³-hybridized carbons (Fsp3) is 0.111. The number of nitrogens with one attached hydrogen (secondary N) is 2. The van der Waals surface area contributed by atoms with Crippen LogP contribution in [-0.4, -0.2) is 30.4 Å². The molecule has 4 rings (SSSR count). The summed E-state index contributed by atoms with van der Waals surface area (Å²) < 4.78 is 6.34. The van der Waals surface area contributed by atoms with E-state index >= 15 is 0 Å². The van der Waals surface area contributed by atoms with Crippen LogP contribution in [0.4, 0.5) is 16.2 Å². The van der Waals surface area contributed by atoms with Gasteiger partial charge in [-0.2, -0.15) is 0 Å². The molecule has 0 spiro atoms. The molecule has 194 valence electrons. The van der Waals surface area contributed by atoms with Crippen molar-refractivity contribution >= 4 is 80.3 Å². The predicted molar refractivity (Wildman–Crippen MR) is 150 cm³/mol. The Morgan fingerprint density at radius 2 is 1.68 bits per heavy atom. The van der Waals surface area contributed by atoms with Crippen molar-refractivity contribution < 1.29 is 23.9 Å². The first-order valence-corrected chi connectivity index (χ1v) is 12.7. The second-order valence-electron chi connectivity index (χ2n) is 8.37. The van der Waals surface area contributed by atoms with Crippen LogP contribution in [0.5, 0.6) is 5.75 Å². The number of hydrogen-bond donors (Lipinski definition) is 2. The number of urea groups is 1. The van der Waals surface area contributed by atoms with Gasteiger partial charge in [-0.3, -0.25) is 19.7 Å². The van der Waals surface area contributed by atoms with Crippen molar-refractivity contribution in [1.82, 2.24) is 5.32 Å². The Labute approximate surface area is 236 Å². The molecule has 1 aliphatic rings. The van der Waals surface area contributed by atoms with E-state index < -0.39 is 23.8 Å². The SMILES string of the molecule is Cc1ccc(NC(=O)COc2ccc(Br)cc2/C=C2\C(=O)NC(=O)N(c3ccc(C)c(Cl)c3)C2=O)cc1Cl. The lowest BCUT2D eigenvalue weighted by Crippen LogP contribution is -2.54. The van der Waals surface area contributed by atoms with Crippen molar-refractivity contribution in [2.45, 2.75) is 13.8 Å². The van der Waals surface area contributed by atoms with E-state index in [4.69, 9.17) is 27.9 Å². The van der Waals surface area contributed by atoms with Crippen LogP contribution in [0.25, 0.3) is 6.08 Å². The molecular formula is C27H20BrCl2N3O5. The van der Waals surface area contributed by atoms with Crippen LogP contribution >= 0.6 is 39.1 Å². The molecule has 0 aromatic heterocycles. The molecule has 5 amide bonds. The molecular weight excluding hydrogens is 597 g/mol. The minimum Gasteiger partial charge on any atom is -0.483 e. The lowest BCUT2D eigenvalue weighted by atomic mass is 10.1. The first-order chi connectivity index (χ1) is 18.0. The molecule has 38 heavy (non-hydrogen) atoms. The highest BCUT2D eigenvalue weighted by molar-refractivity contribution is 9.10. The van der Waals surface area contributed by atoms with E-state index in [9.17, 15) is 19.2 Å². The Kier molecular flexibility index (Phi) is 8.20. The molecule has 2 N–H and O–H groups in total. The molecule has 0 saturated carbocycles. The van der Waals surface area contributed by atoms with Crippen molar-refractivity contribution in [3.05, 3.63) is 91.4 Å². The van der Waals surface area contributed by atoms with Crippen molar-refractivity contribution in [2.75, 3.05) is 16.8 Å². The van der Waals surface area contributed by atoms with Gasteiger partial charge in [0.1, 0.15) is 11.3 Å².